The molecule has 0 aromatic carbocycles. The summed E-state index contributed by atoms with van der Waals surface area (Å²) in [6.07, 6.45) is 25.3. The molecule has 0 aliphatic carbocycles. The Morgan fingerprint density at radius 2 is 0.613 bits per heavy atom. The third-order valence-corrected chi connectivity index (χ3v) is 5.99. The molecule has 0 atom stereocenters. The van der Waals surface area contributed by atoms with Crippen molar-refractivity contribution in [2.24, 2.45) is 0 Å². The Morgan fingerprint density at radius 1 is 0.387 bits per heavy atom. The molecule has 0 unspecified atom stereocenters. The minimum absolute atomic E-state index is 0.327. The minimum atomic E-state index is -0.666. The Hall–Kier alpha value is -1.10. The van der Waals surface area contributed by atoms with E-state index in [9.17, 15) is 9.59 Å². The molecule has 0 aliphatic heterocycles. The number of hydrogen-bond acceptors (Lipinski definition) is 3. The zero-order valence-electron chi connectivity index (χ0n) is 20.2. The number of aliphatic carboxylic acids is 2. The highest BCUT2D eigenvalue weighted by Gasteiger charge is 1.98. The van der Waals surface area contributed by atoms with Crippen molar-refractivity contribution in [1.82, 2.24) is 5.32 Å². The first-order valence-electron chi connectivity index (χ1n) is 13.3. The summed E-state index contributed by atoms with van der Waals surface area (Å²) >= 11 is 0. The van der Waals surface area contributed by atoms with Crippen LogP contribution in [-0.2, 0) is 9.59 Å². The van der Waals surface area contributed by atoms with E-state index in [4.69, 9.17) is 10.2 Å². The van der Waals surface area contributed by atoms with Crippen molar-refractivity contribution in [3.63, 3.8) is 0 Å². The number of nitrogens with one attached hydrogen (secondary N) is 1. The van der Waals surface area contributed by atoms with Gasteiger partial charge in [-0.25, -0.2) is 0 Å². The second-order valence-electron chi connectivity index (χ2n) is 9.11. The average molecular weight is 442 g/mol. The van der Waals surface area contributed by atoms with E-state index in [0.29, 0.717) is 12.8 Å². The van der Waals surface area contributed by atoms with Gasteiger partial charge in [-0.1, -0.05) is 103 Å². The summed E-state index contributed by atoms with van der Waals surface area (Å²) in [5.74, 6) is -1.33. The Kier molecular flexibility index (Phi) is 24.3. The molecule has 0 radical (unpaired) electrons. The van der Waals surface area contributed by atoms with Gasteiger partial charge in [-0.3, -0.25) is 9.59 Å². The van der Waals surface area contributed by atoms with Crippen molar-refractivity contribution in [3.8, 4) is 0 Å². The van der Waals surface area contributed by atoms with Gasteiger partial charge in [0.1, 0.15) is 0 Å². The van der Waals surface area contributed by atoms with Crippen LogP contribution >= 0.6 is 0 Å². The molecular weight excluding hydrogens is 390 g/mol. The number of carboxylic acids is 2. The van der Waals surface area contributed by atoms with E-state index in [2.05, 4.69) is 5.32 Å². The summed E-state index contributed by atoms with van der Waals surface area (Å²) in [7, 11) is 0. The normalized spacial score (nSPS) is 11.1. The van der Waals surface area contributed by atoms with Crippen molar-refractivity contribution >= 4 is 11.9 Å². The number of rotatable bonds is 26. The predicted octanol–water partition coefficient (Wildman–Crippen LogP) is 7.33. The maximum absolute atomic E-state index is 10.4. The lowest BCUT2D eigenvalue weighted by Crippen LogP contribution is -2.16. The van der Waals surface area contributed by atoms with Gasteiger partial charge >= 0.3 is 11.9 Å². The smallest absolute Gasteiger partial charge is 0.303 e. The van der Waals surface area contributed by atoms with Gasteiger partial charge in [0, 0.05) is 12.8 Å². The fourth-order valence-electron chi connectivity index (χ4n) is 4.01. The minimum Gasteiger partial charge on any atom is -0.481 e. The topological polar surface area (TPSA) is 86.6 Å². The van der Waals surface area contributed by atoms with E-state index >= 15 is 0 Å². The largest absolute Gasteiger partial charge is 0.481 e. The molecule has 0 saturated heterocycles. The molecule has 0 saturated carbocycles. The summed E-state index contributed by atoms with van der Waals surface area (Å²) in [5.41, 5.74) is 0. The van der Waals surface area contributed by atoms with Crippen LogP contribution in [0.15, 0.2) is 0 Å². The maximum atomic E-state index is 10.4. The Morgan fingerprint density at radius 3 is 0.871 bits per heavy atom. The van der Waals surface area contributed by atoms with Crippen molar-refractivity contribution in [3.05, 3.63) is 0 Å². The van der Waals surface area contributed by atoms with E-state index in [1.54, 1.807) is 0 Å². The van der Waals surface area contributed by atoms with Gasteiger partial charge < -0.3 is 15.5 Å². The molecule has 3 N–H and O–H groups in total. The van der Waals surface area contributed by atoms with Crippen LogP contribution in [0, 0.1) is 0 Å². The number of hydrogen-bond donors (Lipinski definition) is 3. The van der Waals surface area contributed by atoms with Crippen molar-refractivity contribution in [2.45, 2.75) is 141 Å². The third-order valence-electron chi connectivity index (χ3n) is 5.99. The Balaban J connectivity index is 3.02. The third kappa shape index (κ3) is 28.9. The zero-order chi connectivity index (χ0) is 22.8. The van der Waals surface area contributed by atoms with Crippen molar-refractivity contribution in [2.75, 3.05) is 13.1 Å². The lowest BCUT2D eigenvalue weighted by molar-refractivity contribution is -0.138. The highest BCUT2D eigenvalue weighted by molar-refractivity contribution is 5.66. The van der Waals surface area contributed by atoms with Gasteiger partial charge in [-0.05, 0) is 38.8 Å². The molecule has 31 heavy (non-hydrogen) atoms. The van der Waals surface area contributed by atoms with Crippen LogP contribution in [0.3, 0.4) is 0 Å². The molecule has 5 nitrogen and oxygen atoms in total. The highest BCUT2D eigenvalue weighted by Crippen LogP contribution is 2.12. The lowest BCUT2D eigenvalue weighted by atomic mass is 10.1. The van der Waals surface area contributed by atoms with Crippen molar-refractivity contribution < 1.29 is 19.8 Å². The van der Waals surface area contributed by atoms with Gasteiger partial charge in [0.05, 0.1) is 0 Å². The van der Waals surface area contributed by atoms with Crippen LogP contribution in [0.4, 0.5) is 0 Å². The van der Waals surface area contributed by atoms with Crippen LogP contribution in [0.25, 0.3) is 0 Å². The summed E-state index contributed by atoms with van der Waals surface area (Å²) < 4.78 is 0. The van der Waals surface area contributed by atoms with E-state index in [1.165, 1.54) is 103 Å². The van der Waals surface area contributed by atoms with Crippen LogP contribution in [0.2, 0.25) is 0 Å². The number of carbonyl (C=O) groups is 2. The monoisotopic (exact) mass is 441 g/mol. The van der Waals surface area contributed by atoms with Crippen LogP contribution in [-0.4, -0.2) is 35.2 Å². The second-order valence-corrected chi connectivity index (χ2v) is 9.11. The molecule has 5 heteroatoms. The van der Waals surface area contributed by atoms with Crippen molar-refractivity contribution in [1.29, 1.82) is 0 Å². The molecule has 0 rings (SSSR count). The molecule has 184 valence electrons. The molecule has 0 heterocycles. The van der Waals surface area contributed by atoms with Gasteiger partial charge in [-0.15, -0.1) is 0 Å². The SMILES string of the molecule is O=C(O)CCCCCCCCCCCCNCCCCCCCCCCCCC(=O)O. The number of carboxylic acid groups (broad SMARTS) is 2. The Labute approximate surface area is 191 Å². The Bertz CT molecular complexity index is 365. The molecular formula is C26H51NO4. The van der Waals surface area contributed by atoms with E-state index < -0.39 is 11.9 Å². The average Bonchev–Trinajstić information content (AvgIpc) is 2.73. The van der Waals surface area contributed by atoms with Gasteiger partial charge in [-0.2, -0.15) is 0 Å². The molecule has 0 aromatic heterocycles. The summed E-state index contributed by atoms with van der Waals surface area (Å²) in [4.78, 5) is 20.8. The number of unbranched alkanes of at least 4 members (excludes halogenated alkanes) is 18. The fourth-order valence-corrected chi connectivity index (χ4v) is 4.01. The lowest BCUT2D eigenvalue weighted by Gasteiger charge is -2.06. The summed E-state index contributed by atoms with van der Waals surface area (Å²) in [5, 5.41) is 20.8. The summed E-state index contributed by atoms with van der Waals surface area (Å²) in [6.45, 7) is 2.32. The molecule has 0 fully saturated rings. The van der Waals surface area contributed by atoms with Gasteiger partial charge in [0.2, 0.25) is 0 Å². The quantitative estimate of drug-likeness (QED) is 0.122. The first-order valence-corrected chi connectivity index (χ1v) is 13.3. The van der Waals surface area contributed by atoms with Crippen LogP contribution in [0.1, 0.15) is 141 Å². The maximum Gasteiger partial charge on any atom is 0.303 e. The predicted molar refractivity (Wildman–Crippen MR) is 130 cm³/mol. The molecule has 0 aliphatic rings. The van der Waals surface area contributed by atoms with Gasteiger partial charge in [0.15, 0.2) is 0 Å². The van der Waals surface area contributed by atoms with E-state index in [0.717, 1.165) is 38.8 Å². The fraction of sp³-hybridized carbons (Fsp3) is 0.923. The van der Waals surface area contributed by atoms with E-state index in [1.807, 2.05) is 0 Å². The highest BCUT2D eigenvalue weighted by atomic mass is 16.4. The zero-order valence-corrected chi connectivity index (χ0v) is 20.2. The van der Waals surface area contributed by atoms with Crippen LogP contribution in [0.5, 0.6) is 0 Å². The van der Waals surface area contributed by atoms with Gasteiger partial charge in [0.25, 0.3) is 0 Å². The molecule has 0 spiro atoms. The molecule has 0 aromatic rings. The standard InChI is InChI=1S/C26H51NO4/c28-25(29)21-17-13-9-5-1-3-7-11-15-19-23-27-24-20-16-12-8-4-2-6-10-14-18-22-26(30)31/h27H,1-24H2,(H,28,29)(H,30,31). The second kappa shape index (κ2) is 25.2. The van der Waals surface area contributed by atoms with E-state index in [-0.39, 0.29) is 0 Å². The first kappa shape index (κ1) is 29.9. The first-order chi connectivity index (χ1) is 15.1. The van der Waals surface area contributed by atoms with Crippen LogP contribution < -0.4 is 5.32 Å². The summed E-state index contributed by atoms with van der Waals surface area (Å²) in [6, 6.07) is 0. The molecule has 0 bridgehead atoms. The molecule has 0 amide bonds.